The van der Waals surface area contributed by atoms with E-state index in [0.717, 1.165) is 37.9 Å². The van der Waals surface area contributed by atoms with Gasteiger partial charge in [0.1, 0.15) is 0 Å². The molecule has 3 atom stereocenters. The number of hydrogen-bond donors (Lipinski definition) is 5. The zero-order chi connectivity index (χ0) is 27.5. The van der Waals surface area contributed by atoms with Gasteiger partial charge >= 0.3 is 18.2 Å². The summed E-state index contributed by atoms with van der Waals surface area (Å²) in [5.74, 6) is -1.68. The zero-order valence-electron chi connectivity index (χ0n) is 20.9. The molecule has 0 unspecified atom stereocenters. The number of thioether (sulfide) groups is 1. The van der Waals surface area contributed by atoms with Gasteiger partial charge in [0, 0.05) is 37.2 Å². The minimum absolute atomic E-state index is 0.0464. The summed E-state index contributed by atoms with van der Waals surface area (Å²) in [4.78, 5) is 32.2. The van der Waals surface area contributed by atoms with Crippen LogP contribution in [0.25, 0.3) is 0 Å². The van der Waals surface area contributed by atoms with Gasteiger partial charge in [0.05, 0.1) is 38.5 Å². The number of carboxylic acid groups (broad SMARTS) is 1. The molecule has 0 saturated carbocycles. The smallest absolute Gasteiger partial charge is 0.475 e. The largest absolute Gasteiger partial charge is 0.490 e. The third kappa shape index (κ3) is 15.9. The molecule has 0 spiro atoms. The maximum atomic E-state index is 11.9. The Morgan fingerprint density at radius 3 is 2.19 bits per heavy atom. The van der Waals surface area contributed by atoms with Gasteiger partial charge < -0.3 is 41.0 Å². The Hall–Kier alpha value is -1.81. The predicted molar refractivity (Wildman–Crippen MR) is 131 cm³/mol. The summed E-state index contributed by atoms with van der Waals surface area (Å²) in [6, 6.07) is 0.469. The summed E-state index contributed by atoms with van der Waals surface area (Å²) < 4.78 is 48.0. The number of carbonyl (C=O) groups excluding carboxylic acids is 2. The van der Waals surface area contributed by atoms with Crippen LogP contribution in [0.2, 0.25) is 0 Å². The van der Waals surface area contributed by atoms with Gasteiger partial charge in [0.2, 0.25) is 5.91 Å². The molecule has 6 N–H and O–H groups in total. The van der Waals surface area contributed by atoms with Gasteiger partial charge in [-0.1, -0.05) is 6.42 Å². The van der Waals surface area contributed by atoms with Crippen LogP contribution >= 0.6 is 11.8 Å². The number of nitrogens with two attached hydrogens (primary N) is 1. The SMILES string of the molecule is NCCCOCCOCCOCCCNC(=O)CCCC[C@H]1SC[C@H]2NC(=O)N[C@H]21.O=C(O)C(F)(F)F. The van der Waals surface area contributed by atoms with E-state index >= 15 is 0 Å². The molecule has 0 bridgehead atoms. The van der Waals surface area contributed by atoms with Crippen LogP contribution in [-0.4, -0.2) is 105 Å². The lowest BCUT2D eigenvalue weighted by atomic mass is 10.0. The molecule has 0 radical (unpaired) electrons. The van der Waals surface area contributed by atoms with Crippen LogP contribution in [0.4, 0.5) is 18.0 Å². The highest BCUT2D eigenvalue weighted by atomic mass is 32.2. The van der Waals surface area contributed by atoms with Crippen molar-refractivity contribution in [2.45, 2.75) is 62.0 Å². The molecule has 0 aromatic rings. The number of halogens is 3. The number of amides is 3. The van der Waals surface area contributed by atoms with Crippen molar-refractivity contribution in [3.63, 3.8) is 0 Å². The second kappa shape index (κ2) is 19.3. The first-order valence-electron chi connectivity index (χ1n) is 12.3. The Morgan fingerprint density at radius 1 is 1.00 bits per heavy atom. The highest BCUT2D eigenvalue weighted by molar-refractivity contribution is 8.00. The molecule has 2 aliphatic heterocycles. The minimum Gasteiger partial charge on any atom is -0.475 e. The Labute approximate surface area is 219 Å². The first-order chi connectivity index (χ1) is 17.6. The third-order valence-electron chi connectivity index (χ3n) is 5.35. The Balaban J connectivity index is 0.000000856. The first kappa shape index (κ1) is 33.2. The number of nitrogens with one attached hydrogen (secondary N) is 3. The fraction of sp³-hybridized carbons (Fsp3) is 0.864. The van der Waals surface area contributed by atoms with Crippen molar-refractivity contribution in [1.29, 1.82) is 0 Å². The fourth-order valence-electron chi connectivity index (χ4n) is 3.49. The summed E-state index contributed by atoms with van der Waals surface area (Å²) in [6.45, 7) is 4.82. The summed E-state index contributed by atoms with van der Waals surface area (Å²) >= 11 is 1.92. The number of aliphatic carboxylic acids is 1. The Morgan fingerprint density at radius 2 is 1.59 bits per heavy atom. The van der Waals surface area contributed by atoms with Gasteiger partial charge in [0.25, 0.3) is 0 Å². The maximum Gasteiger partial charge on any atom is 0.490 e. The Kier molecular flexibility index (Phi) is 17.3. The van der Waals surface area contributed by atoms with E-state index in [1.807, 2.05) is 11.8 Å². The number of alkyl halides is 3. The van der Waals surface area contributed by atoms with E-state index in [0.29, 0.717) is 64.4 Å². The van der Waals surface area contributed by atoms with Gasteiger partial charge in [-0.15, -0.1) is 0 Å². The van der Waals surface area contributed by atoms with Crippen LogP contribution < -0.4 is 21.7 Å². The van der Waals surface area contributed by atoms with E-state index in [1.54, 1.807) is 0 Å². The number of fused-ring (bicyclic) bond motifs is 1. The summed E-state index contributed by atoms with van der Waals surface area (Å²) in [6.07, 6.45) is 0.0625. The van der Waals surface area contributed by atoms with Crippen LogP contribution in [-0.2, 0) is 23.8 Å². The quantitative estimate of drug-likeness (QED) is 0.123. The number of carbonyl (C=O) groups is 3. The van der Waals surface area contributed by atoms with Crippen molar-refractivity contribution >= 4 is 29.7 Å². The van der Waals surface area contributed by atoms with E-state index in [-0.39, 0.29) is 24.0 Å². The molecule has 0 aromatic carbocycles. The number of rotatable bonds is 18. The van der Waals surface area contributed by atoms with Crippen molar-refractivity contribution in [1.82, 2.24) is 16.0 Å². The molecule has 216 valence electrons. The number of ether oxygens (including phenoxy) is 3. The van der Waals surface area contributed by atoms with Gasteiger partial charge in [-0.05, 0) is 32.2 Å². The third-order valence-corrected chi connectivity index (χ3v) is 6.86. The fourth-order valence-corrected chi connectivity index (χ4v) is 5.04. The second-order valence-corrected chi connectivity index (χ2v) is 9.63. The van der Waals surface area contributed by atoms with Gasteiger partial charge in [-0.2, -0.15) is 24.9 Å². The molecular formula is C22H39F3N4O7S. The molecule has 2 rings (SSSR count). The number of unbranched alkanes of at least 4 members (excludes halogenated alkanes) is 1. The van der Waals surface area contributed by atoms with Crippen molar-refractivity contribution in [3.05, 3.63) is 0 Å². The highest BCUT2D eigenvalue weighted by Gasteiger charge is 2.42. The molecule has 2 fully saturated rings. The van der Waals surface area contributed by atoms with Gasteiger partial charge in [-0.25, -0.2) is 9.59 Å². The molecule has 11 nitrogen and oxygen atoms in total. The molecule has 0 aromatic heterocycles. The average Bonchev–Trinajstić information content (AvgIpc) is 3.38. The maximum absolute atomic E-state index is 11.9. The van der Waals surface area contributed by atoms with E-state index in [9.17, 15) is 22.8 Å². The lowest BCUT2D eigenvalue weighted by molar-refractivity contribution is -0.192. The van der Waals surface area contributed by atoms with Crippen LogP contribution in [0, 0.1) is 0 Å². The average molecular weight is 561 g/mol. The molecule has 2 saturated heterocycles. The van der Waals surface area contributed by atoms with Crippen molar-refractivity contribution in [2.24, 2.45) is 5.73 Å². The van der Waals surface area contributed by atoms with Gasteiger partial charge in [-0.3, -0.25) is 4.79 Å². The van der Waals surface area contributed by atoms with E-state index in [1.165, 1.54) is 0 Å². The van der Waals surface area contributed by atoms with E-state index < -0.39 is 12.1 Å². The van der Waals surface area contributed by atoms with Crippen LogP contribution in [0.1, 0.15) is 38.5 Å². The lowest BCUT2D eigenvalue weighted by Gasteiger charge is -2.16. The summed E-state index contributed by atoms with van der Waals surface area (Å²) in [5, 5.41) is 16.5. The minimum atomic E-state index is -5.08. The number of hydrogen-bond acceptors (Lipinski definition) is 8. The molecule has 2 aliphatic rings. The van der Waals surface area contributed by atoms with Crippen LogP contribution in [0.3, 0.4) is 0 Å². The second-order valence-electron chi connectivity index (χ2n) is 8.35. The zero-order valence-corrected chi connectivity index (χ0v) is 21.7. The molecule has 37 heavy (non-hydrogen) atoms. The standard InChI is InChI=1S/C20H38N4O5S.C2HF3O2/c21-7-3-9-27-11-13-29-14-12-28-10-4-8-22-18(25)6-2-1-5-17-19-16(15-30-17)23-20(26)24-19;3-2(4,5)1(6)7/h16-17,19H,1-15,21H2,(H,22,25)(H2,23,24,26);(H,6,7)/t16-,17-,19-;/m1./s1. The van der Waals surface area contributed by atoms with E-state index in [4.69, 9.17) is 29.8 Å². The molecule has 15 heteroatoms. The van der Waals surface area contributed by atoms with Gasteiger partial charge in [0.15, 0.2) is 0 Å². The van der Waals surface area contributed by atoms with Crippen molar-refractivity contribution in [3.8, 4) is 0 Å². The van der Waals surface area contributed by atoms with Crippen LogP contribution in [0.5, 0.6) is 0 Å². The summed E-state index contributed by atoms with van der Waals surface area (Å²) in [7, 11) is 0. The van der Waals surface area contributed by atoms with Crippen LogP contribution in [0.15, 0.2) is 0 Å². The number of urea groups is 1. The number of carboxylic acids is 1. The normalized spacial score (nSPS) is 20.4. The Bertz CT molecular complexity index is 677. The molecular weight excluding hydrogens is 521 g/mol. The molecule has 0 aliphatic carbocycles. The summed E-state index contributed by atoms with van der Waals surface area (Å²) in [5.41, 5.74) is 5.38. The van der Waals surface area contributed by atoms with Crippen molar-refractivity contribution in [2.75, 3.05) is 58.5 Å². The topological polar surface area (TPSA) is 161 Å². The molecule has 3 amide bonds. The lowest BCUT2D eigenvalue weighted by Crippen LogP contribution is -2.36. The first-order valence-corrected chi connectivity index (χ1v) is 13.4. The monoisotopic (exact) mass is 560 g/mol. The van der Waals surface area contributed by atoms with E-state index in [2.05, 4.69) is 16.0 Å². The predicted octanol–water partition coefficient (Wildman–Crippen LogP) is 1.25. The van der Waals surface area contributed by atoms with Crippen molar-refractivity contribution < 1.29 is 46.9 Å². The highest BCUT2D eigenvalue weighted by Crippen LogP contribution is 2.33. The molecule has 2 heterocycles.